The van der Waals surface area contributed by atoms with Crippen LogP contribution in [0.15, 0.2) is 47.8 Å². The van der Waals surface area contributed by atoms with Gasteiger partial charge in [-0.25, -0.2) is 18.2 Å². The number of rotatable bonds is 3. The Hall–Kier alpha value is -2.34. The molecule has 0 aliphatic carbocycles. The Labute approximate surface area is 122 Å². The molecule has 0 fully saturated rings. The molecule has 1 N–H and O–H groups in total. The molecular weight excluding hydrogens is 297 g/mol. The summed E-state index contributed by atoms with van der Waals surface area (Å²) in [7, 11) is 0. The van der Waals surface area contributed by atoms with Crippen LogP contribution in [0, 0.1) is 17.5 Å². The van der Waals surface area contributed by atoms with Crippen LogP contribution in [0.3, 0.4) is 0 Å². The first-order valence-corrected chi connectivity index (χ1v) is 6.94. The fourth-order valence-electron chi connectivity index (χ4n) is 1.80. The van der Waals surface area contributed by atoms with Crippen molar-refractivity contribution in [2.75, 3.05) is 5.32 Å². The molecule has 1 heterocycles. The minimum atomic E-state index is -0.927. The van der Waals surface area contributed by atoms with Crippen molar-refractivity contribution in [3.8, 4) is 11.3 Å². The molecule has 3 aromatic rings. The second-order valence-corrected chi connectivity index (χ2v) is 5.13. The topological polar surface area (TPSA) is 24.9 Å². The normalized spacial score (nSPS) is 10.6. The number of hydrogen-bond donors (Lipinski definition) is 1. The quantitative estimate of drug-likeness (QED) is 0.739. The predicted octanol–water partition coefficient (Wildman–Crippen LogP) is 4.97. The van der Waals surface area contributed by atoms with Gasteiger partial charge in [-0.15, -0.1) is 11.3 Å². The fourth-order valence-corrected chi connectivity index (χ4v) is 2.53. The molecule has 0 atom stereocenters. The molecule has 2 aromatic carbocycles. The van der Waals surface area contributed by atoms with Crippen LogP contribution < -0.4 is 5.32 Å². The standard InChI is InChI=1S/C15H9F3N2S/c16-10-6-5-9(7-12(10)18)14-8-21-15(20-14)19-13-4-2-1-3-11(13)17/h1-8H,(H,19,20). The molecule has 0 radical (unpaired) electrons. The third-order valence-corrected chi connectivity index (χ3v) is 3.59. The average molecular weight is 306 g/mol. The van der Waals surface area contributed by atoms with Gasteiger partial charge in [0.25, 0.3) is 0 Å². The highest BCUT2D eigenvalue weighted by Gasteiger charge is 2.09. The highest BCUT2D eigenvalue weighted by Crippen LogP contribution is 2.28. The molecule has 3 rings (SSSR count). The lowest BCUT2D eigenvalue weighted by Crippen LogP contribution is -1.92. The van der Waals surface area contributed by atoms with Gasteiger partial charge in [0.15, 0.2) is 16.8 Å². The van der Waals surface area contributed by atoms with Crippen molar-refractivity contribution in [1.82, 2.24) is 4.98 Å². The Morgan fingerprint density at radius 1 is 0.905 bits per heavy atom. The van der Waals surface area contributed by atoms with Crippen molar-refractivity contribution in [3.05, 3.63) is 65.3 Å². The zero-order valence-corrected chi connectivity index (χ0v) is 11.4. The van der Waals surface area contributed by atoms with Crippen molar-refractivity contribution in [1.29, 1.82) is 0 Å². The van der Waals surface area contributed by atoms with E-state index in [1.54, 1.807) is 23.6 Å². The average Bonchev–Trinajstić information content (AvgIpc) is 2.93. The van der Waals surface area contributed by atoms with E-state index in [1.807, 2.05) is 0 Å². The predicted molar refractivity (Wildman–Crippen MR) is 77.1 cm³/mol. The summed E-state index contributed by atoms with van der Waals surface area (Å²) < 4.78 is 39.6. The molecule has 2 nitrogen and oxygen atoms in total. The van der Waals surface area contributed by atoms with Gasteiger partial charge in [0.2, 0.25) is 0 Å². The van der Waals surface area contributed by atoms with Crippen LogP contribution in [-0.2, 0) is 0 Å². The molecule has 0 saturated heterocycles. The summed E-state index contributed by atoms with van der Waals surface area (Å²) in [6.45, 7) is 0. The maximum Gasteiger partial charge on any atom is 0.187 e. The van der Waals surface area contributed by atoms with Gasteiger partial charge in [0.05, 0.1) is 11.4 Å². The zero-order valence-electron chi connectivity index (χ0n) is 10.6. The van der Waals surface area contributed by atoms with E-state index in [2.05, 4.69) is 10.3 Å². The van der Waals surface area contributed by atoms with E-state index in [4.69, 9.17) is 0 Å². The van der Waals surface area contributed by atoms with Crippen LogP contribution in [0.2, 0.25) is 0 Å². The first-order chi connectivity index (χ1) is 10.1. The summed E-state index contributed by atoms with van der Waals surface area (Å²) in [5, 5.41) is 5.02. The van der Waals surface area contributed by atoms with Gasteiger partial charge in [0.1, 0.15) is 5.82 Å². The summed E-state index contributed by atoms with van der Waals surface area (Å²) in [5.41, 5.74) is 1.27. The molecule has 0 saturated carbocycles. The Balaban J connectivity index is 1.86. The maximum absolute atomic E-state index is 13.5. The highest BCUT2D eigenvalue weighted by molar-refractivity contribution is 7.14. The van der Waals surface area contributed by atoms with Crippen LogP contribution >= 0.6 is 11.3 Å². The molecule has 1 aromatic heterocycles. The van der Waals surface area contributed by atoms with E-state index in [0.29, 0.717) is 22.1 Å². The first-order valence-electron chi connectivity index (χ1n) is 6.06. The second kappa shape index (κ2) is 5.57. The van der Waals surface area contributed by atoms with Crippen LogP contribution in [0.4, 0.5) is 24.0 Å². The van der Waals surface area contributed by atoms with E-state index in [0.717, 1.165) is 12.1 Å². The third-order valence-electron chi connectivity index (χ3n) is 2.84. The Bertz CT molecular complexity index is 786. The van der Waals surface area contributed by atoms with E-state index in [1.165, 1.54) is 23.5 Å². The number of aromatic nitrogens is 1. The van der Waals surface area contributed by atoms with Gasteiger partial charge in [0, 0.05) is 10.9 Å². The molecule has 0 aliphatic rings. The third kappa shape index (κ3) is 2.90. The monoisotopic (exact) mass is 306 g/mol. The van der Waals surface area contributed by atoms with Crippen LogP contribution in [-0.4, -0.2) is 4.98 Å². The number of nitrogens with one attached hydrogen (secondary N) is 1. The van der Waals surface area contributed by atoms with Gasteiger partial charge in [-0.3, -0.25) is 0 Å². The minimum Gasteiger partial charge on any atom is -0.329 e. The number of para-hydroxylation sites is 1. The number of halogens is 3. The Kier molecular flexibility index (Phi) is 3.62. The summed E-state index contributed by atoms with van der Waals surface area (Å²) in [6.07, 6.45) is 0. The highest BCUT2D eigenvalue weighted by atomic mass is 32.1. The lowest BCUT2D eigenvalue weighted by Gasteiger charge is -2.03. The van der Waals surface area contributed by atoms with Crippen molar-refractivity contribution in [2.24, 2.45) is 0 Å². The zero-order chi connectivity index (χ0) is 14.8. The van der Waals surface area contributed by atoms with Gasteiger partial charge in [-0.05, 0) is 30.3 Å². The van der Waals surface area contributed by atoms with Crippen LogP contribution in [0.25, 0.3) is 11.3 Å². The lowest BCUT2D eigenvalue weighted by molar-refractivity contribution is 0.509. The molecule has 21 heavy (non-hydrogen) atoms. The molecular formula is C15H9F3N2S. The second-order valence-electron chi connectivity index (χ2n) is 4.27. The van der Waals surface area contributed by atoms with Crippen molar-refractivity contribution < 1.29 is 13.2 Å². The van der Waals surface area contributed by atoms with Gasteiger partial charge >= 0.3 is 0 Å². The minimum absolute atomic E-state index is 0.309. The van der Waals surface area contributed by atoms with Gasteiger partial charge in [-0.1, -0.05) is 12.1 Å². The van der Waals surface area contributed by atoms with Crippen molar-refractivity contribution >= 4 is 22.2 Å². The van der Waals surface area contributed by atoms with Gasteiger partial charge < -0.3 is 5.32 Å². The summed E-state index contributed by atoms with van der Waals surface area (Å²) in [5.74, 6) is -2.22. The van der Waals surface area contributed by atoms with E-state index in [-0.39, 0.29) is 5.82 Å². The van der Waals surface area contributed by atoms with E-state index < -0.39 is 11.6 Å². The summed E-state index contributed by atoms with van der Waals surface area (Å²) in [4.78, 5) is 4.24. The SMILES string of the molecule is Fc1ccc(-c2csc(Nc3ccccc3F)n2)cc1F. The number of benzene rings is 2. The Morgan fingerprint density at radius 2 is 1.71 bits per heavy atom. The summed E-state index contributed by atoms with van der Waals surface area (Å²) in [6, 6.07) is 9.80. The number of hydrogen-bond acceptors (Lipinski definition) is 3. The molecule has 0 amide bonds. The Morgan fingerprint density at radius 3 is 2.48 bits per heavy atom. The molecule has 106 valence electrons. The molecule has 0 unspecified atom stereocenters. The molecule has 6 heteroatoms. The molecule has 0 spiro atoms. The number of thiazole rings is 1. The lowest BCUT2D eigenvalue weighted by atomic mass is 10.2. The van der Waals surface area contributed by atoms with Gasteiger partial charge in [-0.2, -0.15) is 0 Å². The number of nitrogens with zero attached hydrogens (tertiary/aromatic N) is 1. The van der Waals surface area contributed by atoms with Crippen LogP contribution in [0.1, 0.15) is 0 Å². The fraction of sp³-hybridized carbons (Fsp3) is 0. The van der Waals surface area contributed by atoms with Crippen LogP contribution in [0.5, 0.6) is 0 Å². The van der Waals surface area contributed by atoms with E-state index in [9.17, 15) is 13.2 Å². The smallest absolute Gasteiger partial charge is 0.187 e. The molecule has 0 aliphatic heterocycles. The maximum atomic E-state index is 13.5. The first kappa shape index (κ1) is 13.6. The van der Waals surface area contributed by atoms with E-state index >= 15 is 0 Å². The van der Waals surface area contributed by atoms with Crippen molar-refractivity contribution in [3.63, 3.8) is 0 Å². The number of anilines is 2. The van der Waals surface area contributed by atoms with Crippen molar-refractivity contribution in [2.45, 2.75) is 0 Å². The molecule has 0 bridgehead atoms. The summed E-state index contributed by atoms with van der Waals surface area (Å²) >= 11 is 1.25. The largest absolute Gasteiger partial charge is 0.329 e.